The summed E-state index contributed by atoms with van der Waals surface area (Å²) in [5.74, 6) is 0.524. The van der Waals surface area contributed by atoms with Crippen LogP contribution in [0, 0.1) is 0 Å². The number of likely N-dealkylation sites (N-methyl/N-ethyl adjacent to an activating group) is 1. The van der Waals surface area contributed by atoms with Crippen LogP contribution in [0.2, 0.25) is 0 Å². The highest BCUT2D eigenvalue weighted by atomic mass is 15.2. The first kappa shape index (κ1) is 13.6. The molecule has 1 saturated heterocycles. The molecule has 0 aromatic carbocycles. The van der Waals surface area contributed by atoms with Crippen LogP contribution in [-0.4, -0.2) is 52.6 Å². The first-order chi connectivity index (χ1) is 9.63. The summed E-state index contributed by atoms with van der Waals surface area (Å²) in [6, 6.07) is 4.47. The summed E-state index contributed by atoms with van der Waals surface area (Å²) in [7, 11) is 2.20. The van der Waals surface area contributed by atoms with Gasteiger partial charge in [-0.05, 0) is 24.6 Å². The molecule has 1 aliphatic rings. The van der Waals surface area contributed by atoms with Gasteiger partial charge in [0.25, 0.3) is 0 Å². The van der Waals surface area contributed by atoms with Crippen LogP contribution < -0.4 is 0 Å². The maximum atomic E-state index is 4.50. The summed E-state index contributed by atoms with van der Waals surface area (Å²) in [5, 5.41) is 4.50. The van der Waals surface area contributed by atoms with Crippen molar-refractivity contribution >= 4 is 5.52 Å². The Balaban J connectivity index is 1.76. The Morgan fingerprint density at radius 2 is 1.90 bits per heavy atom. The average molecular weight is 272 g/mol. The van der Waals surface area contributed by atoms with Crippen LogP contribution in [0.4, 0.5) is 0 Å². The molecule has 108 valence electrons. The lowest BCUT2D eigenvalue weighted by molar-refractivity contribution is 0.148. The van der Waals surface area contributed by atoms with Crippen molar-refractivity contribution in [3.63, 3.8) is 0 Å². The average Bonchev–Trinajstić information content (AvgIpc) is 2.84. The molecule has 0 aliphatic carbocycles. The highest BCUT2D eigenvalue weighted by Crippen LogP contribution is 2.21. The van der Waals surface area contributed by atoms with E-state index in [4.69, 9.17) is 0 Å². The van der Waals surface area contributed by atoms with E-state index in [0.717, 1.165) is 19.6 Å². The molecule has 0 radical (unpaired) electrons. The Morgan fingerprint density at radius 3 is 2.60 bits per heavy atom. The molecular weight excluding hydrogens is 248 g/mol. The van der Waals surface area contributed by atoms with E-state index >= 15 is 0 Å². The lowest BCUT2D eigenvalue weighted by Crippen LogP contribution is -2.43. The molecule has 0 amide bonds. The molecular formula is C16H24N4. The van der Waals surface area contributed by atoms with Gasteiger partial charge in [0.15, 0.2) is 0 Å². The van der Waals surface area contributed by atoms with Gasteiger partial charge in [-0.2, -0.15) is 5.10 Å². The van der Waals surface area contributed by atoms with E-state index in [0.29, 0.717) is 5.92 Å². The van der Waals surface area contributed by atoms with Crippen LogP contribution in [0.25, 0.3) is 5.52 Å². The lowest BCUT2D eigenvalue weighted by Gasteiger charge is -2.32. The predicted molar refractivity (Wildman–Crippen MR) is 82.1 cm³/mol. The van der Waals surface area contributed by atoms with E-state index in [1.54, 1.807) is 0 Å². The fourth-order valence-corrected chi connectivity index (χ4v) is 2.85. The number of fused-ring (bicyclic) bond motifs is 1. The number of pyridine rings is 1. The zero-order valence-corrected chi connectivity index (χ0v) is 12.7. The first-order valence-electron chi connectivity index (χ1n) is 7.50. The molecule has 4 heteroatoms. The number of piperazine rings is 1. The van der Waals surface area contributed by atoms with E-state index in [1.807, 2.05) is 10.7 Å². The zero-order chi connectivity index (χ0) is 14.1. The Labute approximate surface area is 121 Å². The van der Waals surface area contributed by atoms with Crippen molar-refractivity contribution in [3.05, 3.63) is 35.7 Å². The summed E-state index contributed by atoms with van der Waals surface area (Å²) in [5.41, 5.74) is 3.92. The summed E-state index contributed by atoms with van der Waals surface area (Å²) in [6.07, 6.45) is 4.18. The molecule has 2 aromatic heterocycles. The molecule has 0 spiro atoms. The van der Waals surface area contributed by atoms with Gasteiger partial charge < -0.3 is 4.90 Å². The van der Waals surface area contributed by atoms with Crippen molar-refractivity contribution in [2.75, 3.05) is 33.2 Å². The van der Waals surface area contributed by atoms with Crippen LogP contribution in [0.1, 0.15) is 30.9 Å². The Morgan fingerprint density at radius 1 is 1.15 bits per heavy atom. The van der Waals surface area contributed by atoms with Gasteiger partial charge in [0, 0.05) is 44.5 Å². The minimum absolute atomic E-state index is 0.524. The van der Waals surface area contributed by atoms with Crippen LogP contribution in [0.15, 0.2) is 24.5 Å². The quantitative estimate of drug-likeness (QED) is 0.856. The minimum atomic E-state index is 0.524. The van der Waals surface area contributed by atoms with Gasteiger partial charge in [0.2, 0.25) is 0 Å². The van der Waals surface area contributed by atoms with E-state index in [2.05, 4.69) is 54.1 Å². The topological polar surface area (TPSA) is 23.8 Å². The van der Waals surface area contributed by atoms with Gasteiger partial charge in [-0.1, -0.05) is 19.9 Å². The normalized spacial score (nSPS) is 18.2. The molecule has 0 unspecified atom stereocenters. The monoisotopic (exact) mass is 272 g/mol. The molecule has 0 bridgehead atoms. The van der Waals surface area contributed by atoms with E-state index in [-0.39, 0.29) is 0 Å². The highest BCUT2D eigenvalue weighted by molar-refractivity contribution is 5.55. The van der Waals surface area contributed by atoms with Crippen molar-refractivity contribution in [1.82, 2.24) is 19.4 Å². The fourth-order valence-electron chi connectivity index (χ4n) is 2.85. The molecule has 1 aliphatic heterocycles. The largest absolute Gasteiger partial charge is 0.304 e. The predicted octanol–water partition coefficient (Wildman–Crippen LogP) is 2.21. The second kappa shape index (κ2) is 5.54. The zero-order valence-electron chi connectivity index (χ0n) is 12.7. The summed E-state index contributed by atoms with van der Waals surface area (Å²) in [4.78, 5) is 4.91. The summed E-state index contributed by atoms with van der Waals surface area (Å²) in [6.45, 7) is 10.1. The third-order valence-corrected chi connectivity index (χ3v) is 4.23. The van der Waals surface area contributed by atoms with Crippen LogP contribution in [0.3, 0.4) is 0 Å². The van der Waals surface area contributed by atoms with Gasteiger partial charge in [-0.3, -0.25) is 4.90 Å². The Bertz CT molecular complexity index is 579. The van der Waals surface area contributed by atoms with Gasteiger partial charge in [0.05, 0.1) is 11.7 Å². The molecule has 1 fully saturated rings. The number of hydrogen-bond acceptors (Lipinski definition) is 3. The third-order valence-electron chi connectivity index (χ3n) is 4.23. The molecule has 3 rings (SSSR count). The lowest BCUT2D eigenvalue weighted by atomic mass is 10.1. The maximum absolute atomic E-state index is 4.50. The van der Waals surface area contributed by atoms with Crippen LogP contribution >= 0.6 is 0 Å². The molecule has 20 heavy (non-hydrogen) atoms. The Hall–Kier alpha value is -1.39. The van der Waals surface area contributed by atoms with Crippen molar-refractivity contribution < 1.29 is 0 Å². The fraction of sp³-hybridized carbons (Fsp3) is 0.562. The number of rotatable bonds is 3. The molecule has 0 N–H and O–H groups in total. The first-order valence-corrected chi connectivity index (χ1v) is 7.50. The van der Waals surface area contributed by atoms with Crippen molar-refractivity contribution in [2.24, 2.45) is 0 Å². The van der Waals surface area contributed by atoms with E-state index in [9.17, 15) is 0 Å². The molecule has 0 atom stereocenters. The van der Waals surface area contributed by atoms with Gasteiger partial charge >= 0.3 is 0 Å². The van der Waals surface area contributed by atoms with Crippen molar-refractivity contribution in [2.45, 2.75) is 26.3 Å². The molecule has 4 nitrogen and oxygen atoms in total. The van der Waals surface area contributed by atoms with Crippen molar-refractivity contribution in [1.29, 1.82) is 0 Å². The third kappa shape index (κ3) is 2.72. The van der Waals surface area contributed by atoms with E-state index in [1.165, 1.54) is 29.7 Å². The number of hydrogen-bond donors (Lipinski definition) is 0. The summed E-state index contributed by atoms with van der Waals surface area (Å²) < 4.78 is 2.03. The molecule has 2 aromatic rings. The Kier molecular flexibility index (Phi) is 3.76. The van der Waals surface area contributed by atoms with E-state index < -0.39 is 0 Å². The van der Waals surface area contributed by atoms with Gasteiger partial charge in [-0.15, -0.1) is 0 Å². The maximum Gasteiger partial charge on any atom is 0.0696 e. The second-order valence-electron chi connectivity index (χ2n) is 6.20. The number of nitrogens with zero attached hydrogens (tertiary/aromatic N) is 4. The molecule has 3 heterocycles. The van der Waals surface area contributed by atoms with Gasteiger partial charge in [-0.25, -0.2) is 4.52 Å². The molecule has 0 saturated carbocycles. The van der Waals surface area contributed by atoms with Crippen LogP contribution in [-0.2, 0) is 6.54 Å². The van der Waals surface area contributed by atoms with Crippen LogP contribution in [0.5, 0.6) is 0 Å². The van der Waals surface area contributed by atoms with Gasteiger partial charge in [0.1, 0.15) is 0 Å². The second-order valence-corrected chi connectivity index (χ2v) is 6.20. The summed E-state index contributed by atoms with van der Waals surface area (Å²) >= 11 is 0. The smallest absolute Gasteiger partial charge is 0.0696 e. The standard InChI is InChI=1S/C16H24N4/c1-13(2)15-10-17-20-12-14(4-5-16(15)20)11-19-8-6-18(3)7-9-19/h4-5,10,12-13H,6-9,11H2,1-3H3. The van der Waals surface area contributed by atoms with Crippen molar-refractivity contribution in [3.8, 4) is 0 Å². The SMILES string of the molecule is CC(C)c1cnn2cc(CN3CCN(C)CC3)ccc12. The highest BCUT2D eigenvalue weighted by Gasteiger charge is 2.14. The minimum Gasteiger partial charge on any atom is -0.304 e. The number of aromatic nitrogens is 2.